The summed E-state index contributed by atoms with van der Waals surface area (Å²) in [6.45, 7) is 12.1. The van der Waals surface area contributed by atoms with Crippen molar-refractivity contribution in [3.63, 3.8) is 0 Å². The summed E-state index contributed by atoms with van der Waals surface area (Å²) in [4.78, 5) is 18.8. The summed E-state index contributed by atoms with van der Waals surface area (Å²) in [5.41, 5.74) is 5.64. The zero-order valence-corrected chi connectivity index (χ0v) is 20.8. The second-order valence-electron chi connectivity index (χ2n) is 9.68. The fourth-order valence-electron chi connectivity index (χ4n) is 5.54. The Hall–Kier alpha value is -1.98. The number of halogens is 1. The third kappa shape index (κ3) is 4.42. The molecule has 1 aliphatic carbocycles. The van der Waals surface area contributed by atoms with Crippen LogP contribution >= 0.6 is 12.4 Å². The highest BCUT2D eigenvalue weighted by Crippen LogP contribution is 2.49. The van der Waals surface area contributed by atoms with Crippen LogP contribution in [0, 0.1) is 18.8 Å². The fourth-order valence-corrected chi connectivity index (χ4v) is 5.54. The first-order valence-electron chi connectivity index (χ1n) is 11.6. The van der Waals surface area contributed by atoms with Gasteiger partial charge in [0, 0.05) is 17.7 Å². The quantitative estimate of drug-likeness (QED) is 0.620. The maximum Gasteiger partial charge on any atom is 0.355 e. The lowest BCUT2D eigenvalue weighted by Gasteiger charge is -2.51. The number of piperidine rings is 1. The Morgan fingerprint density at radius 3 is 2.81 bits per heavy atom. The van der Waals surface area contributed by atoms with E-state index in [1.165, 1.54) is 16.8 Å². The van der Waals surface area contributed by atoms with Crippen molar-refractivity contribution >= 4 is 18.4 Å². The summed E-state index contributed by atoms with van der Waals surface area (Å²) < 4.78 is 11.1. The normalized spacial score (nSPS) is 22.6. The van der Waals surface area contributed by atoms with Crippen molar-refractivity contribution in [2.45, 2.75) is 52.4 Å². The van der Waals surface area contributed by atoms with Gasteiger partial charge in [-0.1, -0.05) is 32.9 Å². The lowest BCUT2D eigenvalue weighted by molar-refractivity contribution is 0.0451. The smallest absolute Gasteiger partial charge is 0.355 e. The van der Waals surface area contributed by atoms with Gasteiger partial charge in [0.05, 0.1) is 13.7 Å². The number of hydrogen-bond donors (Lipinski definition) is 1. The molecule has 2 aliphatic rings. The van der Waals surface area contributed by atoms with E-state index in [-0.39, 0.29) is 23.8 Å². The Labute approximate surface area is 198 Å². The molecule has 1 aliphatic heterocycles. The maximum absolute atomic E-state index is 12.8. The number of ether oxygens (including phenoxy) is 2. The highest BCUT2D eigenvalue weighted by molar-refractivity contribution is 5.90. The molecule has 1 N–H and O–H groups in total. The molecule has 2 atom stereocenters. The van der Waals surface area contributed by atoms with E-state index in [1.807, 2.05) is 6.07 Å². The molecule has 32 heavy (non-hydrogen) atoms. The van der Waals surface area contributed by atoms with Gasteiger partial charge in [0.15, 0.2) is 0 Å². The lowest BCUT2D eigenvalue weighted by atomic mass is 9.58. The zero-order chi connectivity index (χ0) is 22.2. The highest BCUT2D eigenvalue weighted by atomic mass is 35.5. The Morgan fingerprint density at radius 2 is 2.12 bits per heavy atom. The van der Waals surface area contributed by atoms with E-state index in [4.69, 9.17) is 9.47 Å². The summed E-state index contributed by atoms with van der Waals surface area (Å²) in [6.07, 6.45) is 3.03. The zero-order valence-electron chi connectivity index (χ0n) is 20.0. The predicted octanol–water partition coefficient (Wildman–Crippen LogP) is 4.94. The van der Waals surface area contributed by atoms with Crippen LogP contribution in [0.5, 0.6) is 5.75 Å². The number of nitrogens with one attached hydrogen (secondary N) is 1. The molecule has 0 spiro atoms. The molecule has 2 aromatic rings. The number of methoxy groups -OCH3 is 1. The Kier molecular flexibility index (Phi) is 7.61. The van der Waals surface area contributed by atoms with Crippen molar-refractivity contribution < 1.29 is 14.3 Å². The average molecular weight is 461 g/mol. The standard InChI is InChI=1S/C26H36N2O3.ClH/c1-6-28-11-10-26(19-8-7-9-21(12-19)30-5)14-23-22(13-20(26)15-28)18(4)24(27-23)25(29)31-16-17(2)3;/h7-9,12,17,20,27H,6,10-11,13-16H2,1-5H3;1H/t20-,26+;/m0./s1. The topological polar surface area (TPSA) is 54.6 Å². The second-order valence-corrected chi connectivity index (χ2v) is 9.68. The number of hydrogen-bond acceptors (Lipinski definition) is 4. The summed E-state index contributed by atoms with van der Waals surface area (Å²) in [5, 5.41) is 0. The van der Waals surface area contributed by atoms with Gasteiger partial charge in [-0.2, -0.15) is 0 Å². The van der Waals surface area contributed by atoms with Crippen molar-refractivity contribution in [2.75, 3.05) is 33.4 Å². The molecule has 0 saturated carbocycles. The summed E-state index contributed by atoms with van der Waals surface area (Å²) >= 11 is 0. The van der Waals surface area contributed by atoms with Crippen LogP contribution in [0.4, 0.5) is 0 Å². The van der Waals surface area contributed by atoms with Crippen LogP contribution in [-0.4, -0.2) is 49.2 Å². The van der Waals surface area contributed by atoms with Crippen LogP contribution in [0.3, 0.4) is 0 Å². The minimum Gasteiger partial charge on any atom is -0.497 e. The maximum atomic E-state index is 12.8. The number of carbonyl (C=O) groups is 1. The monoisotopic (exact) mass is 460 g/mol. The molecule has 1 fully saturated rings. The minimum absolute atomic E-state index is 0. The van der Waals surface area contributed by atoms with Gasteiger partial charge in [0.1, 0.15) is 11.4 Å². The highest BCUT2D eigenvalue weighted by Gasteiger charge is 2.48. The number of H-pyrrole nitrogens is 1. The Balaban J connectivity index is 0.00000289. The second kappa shape index (κ2) is 9.88. The van der Waals surface area contributed by atoms with Crippen LogP contribution in [0.15, 0.2) is 24.3 Å². The number of esters is 1. The molecule has 2 heterocycles. The van der Waals surface area contributed by atoms with E-state index in [0.717, 1.165) is 50.2 Å². The number of carbonyl (C=O) groups excluding carboxylic acids is 1. The number of likely N-dealkylation sites (tertiary alicyclic amines) is 1. The van der Waals surface area contributed by atoms with Gasteiger partial charge in [-0.05, 0) is 79.9 Å². The molecule has 6 heteroatoms. The molecule has 176 valence electrons. The molecule has 1 aromatic heterocycles. The third-order valence-electron chi connectivity index (χ3n) is 7.39. The molecule has 0 bridgehead atoms. The predicted molar refractivity (Wildman–Crippen MR) is 130 cm³/mol. The number of nitrogens with zero attached hydrogens (tertiary/aromatic N) is 1. The van der Waals surface area contributed by atoms with E-state index in [1.54, 1.807) is 7.11 Å². The first-order chi connectivity index (χ1) is 14.9. The van der Waals surface area contributed by atoms with Crippen molar-refractivity contribution in [3.05, 3.63) is 52.3 Å². The lowest BCUT2D eigenvalue weighted by Crippen LogP contribution is -2.53. The van der Waals surface area contributed by atoms with Crippen LogP contribution < -0.4 is 4.74 Å². The van der Waals surface area contributed by atoms with Crippen molar-refractivity contribution in [2.24, 2.45) is 11.8 Å². The van der Waals surface area contributed by atoms with E-state index in [2.05, 4.69) is 55.8 Å². The van der Waals surface area contributed by atoms with E-state index in [0.29, 0.717) is 24.1 Å². The minimum atomic E-state index is -0.228. The summed E-state index contributed by atoms with van der Waals surface area (Å²) in [5.74, 6) is 1.52. The van der Waals surface area contributed by atoms with Crippen LogP contribution in [0.2, 0.25) is 0 Å². The van der Waals surface area contributed by atoms with Crippen molar-refractivity contribution in [3.8, 4) is 5.75 Å². The molecule has 0 unspecified atom stereocenters. The molecule has 0 amide bonds. The molecule has 1 aromatic carbocycles. The van der Waals surface area contributed by atoms with E-state index < -0.39 is 0 Å². The van der Waals surface area contributed by atoms with Gasteiger partial charge in [-0.3, -0.25) is 0 Å². The molecule has 4 rings (SSSR count). The number of benzene rings is 1. The average Bonchev–Trinajstić information content (AvgIpc) is 3.10. The van der Waals surface area contributed by atoms with Gasteiger partial charge in [-0.25, -0.2) is 4.79 Å². The van der Waals surface area contributed by atoms with Crippen LogP contribution in [0.1, 0.15) is 60.1 Å². The number of rotatable bonds is 6. The first-order valence-corrected chi connectivity index (χ1v) is 11.6. The summed E-state index contributed by atoms with van der Waals surface area (Å²) in [6, 6.07) is 8.60. The molecule has 1 saturated heterocycles. The van der Waals surface area contributed by atoms with E-state index >= 15 is 0 Å². The Bertz CT molecular complexity index is 955. The van der Waals surface area contributed by atoms with Gasteiger partial charge in [0.2, 0.25) is 0 Å². The molecular weight excluding hydrogens is 424 g/mol. The Morgan fingerprint density at radius 1 is 1.34 bits per heavy atom. The van der Waals surface area contributed by atoms with Crippen LogP contribution in [0.25, 0.3) is 0 Å². The van der Waals surface area contributed by atoms with Gasteiger partial charge in [-0.15, -0.1) is 12.4 Å². The van der Waals surface area contributed by atoms with Gasteiger partial charge in [0.25, 0.3) is 0 Å². The fraction of sp³-hybridized carbons (Fsp3) is 0.577. The molecule has 5 nitrogen and oxygen atoms in total. The number of aromatic nitrogens is 1. The largest absolute Gasteiger partial charge is 0.497 e. The van der Waals surface area contributed by atoms with Gasteiger partial charge < -0.3 is 19.4 Å². The van der Waals surface area contributed by atoms with E-state index in [9.17, 15) is 4.79 Å². The number of fused-ring (bicyclic) bond motifs is 2. The van der Waals surface area contributed by atoms with Crippen LogP contribution in [-0.2, 0) is 23.0 Å². The summed E-state index contributed by atoms with van der Waals surface area (Å²) in [7, 11) is 1.73. The first kappa shape index (κ1) is 24.7. The van der Waals surface area contributed by atoms with Crippen molar-refractivity contribution in [1.82, 2.24) is 9.88 Å². The van der Waals surface area contributed by atoms with Crippen molar-refractivity contribution in [1.29, 1.82) is 0 Å². The number of aromatic amines is 1. The molecule has 0 radical (unpaired) electrons. The SMILES string of the molecule is CCN1CC[C@]2(c3cccc(OC)c3)Cc3[nH]c(C(=O)OCC(C)C)c(C)c3C[C@H]2C1.Cl. The third-order valence-corrected chi connectivity index (χ3v) is 7.39. The molecular formula is C26H37ClN2O3. The van der Waals surface area contributed by atoms with Gasteiger partial charge >= 0.3 is 5.97 Å².